The number of fused-ring (bicyclic) bond motifs is 1. The second kappa shape index (κ2) is 5.92. The Labute approximate surface area is 133 Å². The summed E-state index contributed by atoms with van der Waals surface area (Å²) in [5.74, 6) is 0.580. The van der Waals surface area contributed by atoms with Crippen LogP contribution in [0.3, 0.4) is 0 Å². The van der Waals surface area contributed by atoms with Gasteiger partial charge in [-0.25, -0.2) is 0 Å². The highest BCUT2D eigenvalue weighted by Gasteiger charge is 2.37. The summed E-state index contributed by atoms with van der Waals surface area (Å²) < 4.78 is 42.5. The highest BCUT2D eigenvalue weighted by Crippen LogP contribution is 2.40. The maximum absolute atomic E-state index is 13.5. The third kappa shape index (κ3) is 3.08. The van der Waals surface area contributed by atoms with Crippen molar-refractivity contribution in [3.63, 3.8) is 0 Å². The van der Waals surface area contributed by atoms with E-state index in [-0.39, 0.29) is 10.9 Å². The summed E-state index contributed by atoms with van der Waals surface area (Å²) in [6.07, 6.45) is 0.508. The minimum atomic E-state index is -4.52. The van der Waals surface area contributed by atoms with Crippen molar-refractivity contribution in [3.05, 3.63) is 35.0 Å². The van der Waals surface area contributed by atoms with Crippen molar-refractivity contribution < 1.29 is 13.2 Å². The normalized spacial score (nSPS) is 15.1. The highest BCUT2D eigenvalue weighted by atomic mass is 19.4. The zero-order valence-electron chi connectivity index (χ0n) is 13.1. The van der Waals surface area contributed by atoms with E-state index in [9.17, 15) is 13.2 Å². The fraction of sp³-hybridized carbons (Fsp3) is 0.500. The van der Waals surface area contributed by atoms with E-state index < -0.39 is 11.7 Å². The van der Waals surface area contributed by atoms with Crippen molar-refractivity contribution in [2.24, 2.45) is 5.92 Å². The van der Waals surface area contributed by atoms with Gasteiger partial charge in [0.15, 0.2) is 0 Å². The first-order valence-electron chi connectivity index (χ1n) is 8.08. The maximum atomic E-state index is 13.5. The van der Waals surface area contributed by atoms with Crippen LogP contribution in [0.5, 0.6) is 0 Å². The number of rotatable bonds is 5. The molecule has 0 aliphatic heterocycles. The molecule has 1 heterocycles. The molecule has 0 N–H and O–H groups in total. The van der Waals surface area contributed by atoms with Gasteiger partial charge in [-0.05, 0) is 49.8 Å². The summed E-state index contributed by atoms with van der Waals surface area (Å²) in [6, 6.07) is 6.31. The van der Waals surface area contributed by atoms with Crippen LogP contribution in [0.1, 0.15) is 49.4 Å². The van der Waals surface area contributed by atoms with Crippen molar-refractivity contribution in [2.75, 3.05) is 0 Å². The van der Waals surface area contributed by atoms with E-state index in [0.717, 1.165) is 44.3 Å². The Hall–Kier alpha value is -1.96. The molecule has 0 bridgehead atoms. The van der Waals surface area contributed by atoms with E-state index in [4.69, 9.17) is 5.26 Å². The maximum Gasteiger partial charge on any atom is 0.418 e. The van der Waals surface area contributed by atoms with Gasteiger partial charge in [0.05, 0.1) is 17.2 Å². The van der Waals surface area contributed by atoms with Crippen molar-refractivity contribution in [1.82, 2.24) is 4.57 Å². The molecule has 1 saturated carbocycles. The first-order valence-corrected chi connectivity index (χ1v) is 8.08. The van der Waals surface area contributed by atoms with Gasteiger partial charge in [-0.3, -0.25) is 0 Å². The molecule has 0 atom stereocenters. The predicted molar refractivity (Wildman–Crippen MR) is 83.0 cm³/mol. The van der Waals surface area contributed by atoms with Gasteiger partial charge in [0.2, 0.25) is 0 Å². The third-order valence-electron chi connectivity index (χ3n) is 4.50. The van der Waals surface area contributed by atoms with Gasteiger partial charge in [-0.1, -0.05) is 13.3 Å². The number of unbranched alkanes of at least 4 members (excludes halogenated alkanes) is 1. The Morgan fingerprint density at radius 1 is 1.30 bits per heavy atom. The lowest BCUT2D eigenvalue weighted by Crippen LogP contribution is -2.09. The van der Waals surface area contributed by atoms with Crippen molar-refractivity contribution in [3.8, 4) is 6.07 Å². The van der Waals surface area contributed by atoms with Gasteiger partial charge in [-0.15, -0.1) is 0 Å². The van der Waals surface area contributed by atoms with Crippen LogP contribution in [0.15, 0.2) is 18.2 Å². The summed E-state index contributed by atoms with van der Waals surface area (Å²) in [4.78, 5) is 0. The number of aromatic nitrogens is 1. The Morgan fingerprint density at radius 2 is 2.04 bits per heavy atom. The van der Waals surface area contributed by atoms with Gasteiger partial charge in [0.25, 0.3) is 0 Å². The molecule has 0 radical (unpaired) electrons. The molecule has 1 fully saturated rings. The Kier molecular flexibility index (Phi) is 4.09. The highest BCUT2D eigenvalue weighted by molar-refractivity contribution is 5.87. The lowest BCUT2D eigenvalue weighted by Gasteiger charge is -2.12. The van der Waals surface area contributed by atoms with Crippen LogP contribution in [-0.4, -0.2) is 4.57 Å². The van der Waals surface area contributed by atoms with Gasteiger partial charge in [-0.2, -0.15) is 18.4 Å². The lowest BCUT2D eigenvalue weighted by atomic mass is 10.0. The van der Waals surface area contributed by atoms with Crippen LogP contribution >= 0.6 is 0 Å². The quantitative estimate of drug-likeness (QED) is 0.736. The van der Waals surface area contributed by atoms with Gasteiger partial charge < -0.3 is 4.57 Å². The van der Waals surface area contributed by atoms with Gasteiger partial charge in [0, 0.05) is 23.1 Å². The first-order chi connectivity index (χ1) is 11.0. The van der Waals surface area contributed by atoms with Gasteiger partial charge >= 0.3 is 6.18 Å². The molecule has 3 rings (SSSR count). The first kappa shape index (κ1) is 15.9. The summed E-state index contributed by atoms with van der Waals surface area (Å²) >= 11 is 0. The Balaban J connectivity index is 2.20. The molecule has 122 valence electrons. The SMILES string of the molecule is CCCCc1cc2c(C(F)(F)F)c(C#N)ccc2n1CC1CC1. The molecule has 1 aliphatic rings. The van der Waals surface area contributed by atoms with Crippen molar-refractivity contribution in [1.29, 1.82) is 5.26 Å². The number of halogens is 3. The molecule has 1 aliphatic carbocycles. The topological polar surface area (TPSA) is 28.7 Å². The molecule has 1 aromatic carbocycles. The Bertz CT molecular complexity index is 761. The molecule has 23 heavy (non-hydrogen) atoms. The molecule has 0 amide bonds. The van der Waals surface area contributed by atoms with Crippen LogP contribution in [0.25, 0.3) is 10.9 Å². The van der Waals surface area contributed by atoms with Crippen LogP contribution in [-0.2, 0) is 19.1 Å². The molecule has 0 saturated heterocycles. The van der Waals surface area contributed by atoms with Crippen LogP contribution in [0.2, 0.25) is 0 Å². The molecule has 5 heteroatoms. The lowest BCUT2D eigenvalue weighted by molar-refractivity contribution is -0.136. The summed E-state index contributed by atoms with van der Waals surface area (Å²) in [7, 11) is 0. The van der Waals surface area contributed by atoms with Gasteiger partial charge in [0.1, 0.15) is 0 Å². The van der Waals surface area contributed by atoms with Crippen molar-refractivity contribution >= 4 is 10.9 Å². The predicted octanol–water partition coefficient (Wildman–Crippen LogP) is 5.28. The standard InChI is InChI=1S/C18H19F3N2/c1-2-3-4-14-9-15-16(23(14)11-12-5-6-12)8-7-13(10-22)17(15)18(19,20)21/h7-9,12H,2-6,11H2,1H3. The molecular weight excluding hydrogens is 301 g/mol. The van der Waals surface area contributed by atoms with Crippen LogP contribution < -0.4 is 0 Å². The molecule has 0 unspecified atom stereocenters. The van der Waals surface area contributed by atoms with Crippen molar-refractivity contribution in [2.45, 2.75) is 51.7 Å². The van der Waals surface area contributed by atoms with E-state index >= 15 is 0 Å². The summed E-state index contributed by atoms with van der Waals surface area (Å²) in [5.41, 5.74) is 0.476. The van der Waals surface area contributed by atoms with Crippen LogP contribution in [0.4, 0.5) is 13.2 Å². The molecule has 2 nitrogen and oxygen atoms in total. The monoisotopic (exact) mass is 320 g/mol. The second-order valence-corrected chi connectivity index (χ2v) is 6.32. The zero-order valence-corrected chi connectivity index (χ0v) is 13.1. The minimum Gasteiger partial charge on any atom is -0.344 e. The number of hydrogen-bond acceptors (Lipinski definition) is 1. The number of alkyl halides is 3. The molecule has 2 aromatic rings. The number of nitrogens with zero attached hydrogens (tertiary/aromatic N) is 2. The smallest absolute Gasteiger partial charge is 0.344 e. The average molecular weight is 320 g/mol. The fourth-order valence-electron chi connectivity index (χ4n) is 3.13. The van der Waals surface area contributed by atoms with E-state index in [1.54, 1.807) is 18.2 Å². The third-order valence-corrected chi connectivity index (χ3v) is 4.50. The number of benzene rings is 1. The van der Waals surface area contributed by atoms with Crippen LogP contribution in [0, 0.1) is 17.2 Å². The summed E-state index contributed by atoms with van der Waals surface area (Å²) in [6.45, 7) is 2.86. The average Bonchev–Trinajstić information content (AvgIpc) is 3.25. The molecule has 0 spiro atoms. The Morgan fingerprint density at radius 3 is 2.61 bits per heavy atom. The van der Waals surface area contributed by atoms with E-state index in [0.29, 0.717) is 11.4 Å². The molecule has 1 aromatic heterocycles. The zero-order chi connectivity index (χ0) is 16.6. The number of nitriles is 1. The second-order valence-electron chi connectivity index (χ2n) is 6.32. The molecular formula is C18H19F3N2. The number of aryl methyl sites for hydroxylation is 1. The van der Waals surface area contributed by atoms with E-state index in [1.165, 1.54) is 6.07 Å². The largest absolute Gasteiger partial charge is 0.418 e. The van der Waals surface area contributed by atoms with E-state index in [1.807, 2.05) is 4.57 Å². The summed E-state index contributed by atoms with van der Waals surface area (Å²) in [5, 5.41) is 9.23. The minimum absolute atomic E-state index is 0.170. The fourth-order valence-corrected chi connectivity index (χ4v) is 3.13. The number of hydrogen-bond donors (Lipinski definition) is 0. The van der Waals surface area contributed by atoms with E-state index in [2.05, 4.69) is 6.92 Å².